The first kappa shape index (κ1) is 9.46. The molecule has 0 spiro atoms. The highest BCUT2D eigenvalue weighted by atomic mass is 32.2. The number of ether oxygens (including phenoxy) is 1. The van der Waals surface area contributed by atoms with Gasteiger partial charge in [0.05, 0.1) is 7.11 Å². The van der Waals surface area contributed by atoms with E-state index in [1.807, 2.05) is 0 Å². The van der Waals surface area contributed by atoms with Gasteiger partial charge in [-0.25, -0.2) is 10.9 Å². The lowest BCUT2D eigenvalue weighted by Crippen LogP contribution is -1.86. The molecule has 12 heavy (non-hydrogen) atoms. The van der Waals surface area contributed by atoms with Gasteiger partial charge in [0.15, 0.2) is 0 Å². The molecule has 1 nitrogen and oxygen atoms in total. The second kappa shape index (κ2) is 3.85. The van der Waals surface area contributed by atoms with Crippen molar-refractivity contribution in [1.29, 1.82) is 0 Å². The standard InChI is InChI=1S/C10H16OS/c1-8-5-9(11-2)7-10(6-8)12(3)4/h5-7,12H,1-4H3. The van der Waals surface area contributed by atoms with Gasteiger partial charge >= 0.3 is 0 Å². The molecule has 0 amide bonds. The van der Waals surface area contributed by atoms with E-state index < -0.39 is 0 Å². The number of methoxy groups -OCH3 is 1. The van der Waals surface area contributed by atoms with Crippen molar-refractivity contribution in [3.8, 4) is 5.75 Å². The molecule has 2 heteroatoms. The van der Waals surface area contributed by atoms with E-state index in [4.69, 9.17) is 4.74 Å². The molecular formula is C10H16OS. The number of hydrogen-bond acceptors (Lipinski definition) is 1. The Morgan fingerprint density at radius 2 is 1.83 bits per heavy atom. The molecule has 1 aromatic carbocycles. The highest BCUT2D eigenvalue weighted by Gasteiger charge is 1.99. The molecule has 0 saturated heterocycles. The second-order valence-electron chi connectivity index (χ2n) is 3.10. The van der Waals surface area contributed by atoms with Crippen molar-refractivity contribution in [3.63, 3.8) is 0 Å². The minimum absolute atomic E-state index is 0.0137. The molecule has 0 fully saturated rings. The monoisotopic (exact) mass is 184 g/mol. The number of rotatable bonds is 2. The lowest BCUT2D eigenvalue weighted by molar-refractivity contribution is 0.413. The summed E-state index contributed by atoms with van der Waals surface area (Å²) in [4.78, 5) is 1.40. The van der Waals surface area contributed by atoms with Gasteiger partial charge in [-0.05, 0) is 48.1 Å². The van der Waals surface area contributed by atoms with Crippen LogP contribution in [0.4, 0.5) is 0 Å². The first-order chi connectivity index (χ1) is 5.63. The predicted octanol–water partition coefficient (Wildman–Crippen LogP) is 2.62. The summed E-state index contributed by atoms with van der Waals surface area (Å²) >= 11 is 0. The van der Waals surface area contributed by atoms with Gasteiger partial charge in [-0.15, -0.1) is 0 Å². The van der Waals surface area contributed by atoms with Crippen LogP contribution in [-0.2, 0) is 0 Å². The zero-order valence-electron chi connectivity index (χ0n) is 8.09. The van der Waals surface area contributed by atoms with Crippen molar-refractivity contribution >= 4 is 10.9 Å². The molecule has 1 aromatic rings. The van der Waals surface area contributed by atoms with Gasteiger partial charge in [0.2, 0.25) is 0 Å². The van der Waals surface area contributed by atoms with Crippen LogP contribution in [0, 0.1) is 6.92 Å². The van der Waals surface area contributed by atoms with Gasteiger partial charge in [-0.2, -0.15) is 0 Å². The summed E-state index contributed by atoms with van der Waals surface area (Å²) in [6, 6.07) is 6.41. The third-order valence-corrected chi connectivity index (χ3v) is 3.08. The Morgan fingerprint density at radius 3 is 2.33 bits per heavy atom. The van der Waals surface area contributed by atoms with Crippen molar-refractivity contribution in [2.24, 2.45) is 0 Å². The van der Waals surface area contributed by atoms with Crippen molar-refractivity contribution in [2.45, 2.75) is 11.8 Å². The van der Waals surface area contributed by atoms with Crippen LogP contribution in [-0.4, -0.2) is 19.6 Å². The summed E-state index contributed by atoms with van der Waals surface area (Å²) in [6.07, 6.45) is 4.51. The smallest absolute Gasteiger partial charge is 0.120 e. The number of hydrogen-bond donors (Lipinski definition) is 1. The summed E-state index contributed by atoms with van der Waals surface area (Å²) in [5.41, 5.74) is 1.28. The Hall–Kier alpha value is -0.630. The normalized spacial score (nSPS) is 11.2. The molecule has 0 aliphatic carbocycles. The third-order valence-electron chi connectivity index (χ3n) is 1.79. The highest BCUT2D eigenvalue weighted by molar-refractivity contribution is 8.15. The number of aryl methyl sites for hydroxylation is 1. The molecule has 0 aliphatic rings. The first-order valence-corrected chi connectivity index (χ1v) is 6.20. The van der Waals surface area contributed by atoms with E-state index in [0.717, 1.165) is 5.75 Å². The number of benzene rings is 1. The zero-order chi connectivity index (χ0) is 9.14. The van der Waals surface area contributed by atoms with Crippen molar-refractivity contribution in [3.05, 3.63) is 23.8 Å². The fourth-order valence-corrected chi connectivity index (χ4v) is 1.95. The van der Waals surface area contributed by atoms with Crippen LogP contribution < -0.4 is 4.74 Å². The maximum Gasteiger partial charge on any atom is 0.120 e. The Bertz CT molecular complexity index is 269. The summed E-state index contributed by atoms with van der Waals surface area (Å²) in [5.74, 6) is 0.973. The van der Waals surface area contributed by atoms with Gasteiger partial charge in [-0.1, -0.05) is 0 Å². The van der Waals surface area contributed by atoms with Crippen LogP contribution in [0.1, 0.15) is 5.56 Å². The average Bonchev–Trinajstić information content (AvgIpc) is 2.03. The van der Waals surface area contributed by atoms with E-state index in [2.05, 4.69) is 37.6 Å². The molecule has 1 rings (SSSR count). The average molecular weight is 184 g/mol. The fourth-order valence-electron chi connectivity index (χ4n) is 1.10. The molecule has 0 atom stereocenters. The Balaban J connectivity index is 3.06. The second-order valence-corrected chi connectivity index (χ2v) is 5.41. The van der Waals surface area contributed by atoms with Crippen molar-refractivity contribution in [1.82, 2.24) is 0 Å². The SMILES string of the molecule is COc1cc(C)cc([SH](C)C)c1. The molecule has 0 unspecified atom stereocenters. The van der Waals surface area contributed by atoms with E-state index in [1.54, 1.807) is 7.11 Å². The summed E-state index contributed by atoms with van der Waals surface area (Å²) < 4.78 is 5.20. The van der Waals surface area contributed by atoms with Gasteiger partial charge in [0.1, 0.15) is 5.75 Å². The van der Waals surface area contributed by atoms with Gasteiger partial charge in [0.25, 0.3) is 0 Å². The molecule has 0 bridgehead atoms. The van der Waals surface area contributed by atoms with E-state index in [9.17, 15) is 0 Å². The van der Waals surface area contributed by atoms with Crippen LogP contribution in [0.5, 0.6) is 5.75 Å². The molecule has 0 saturated carbocycles. The lowest BCUT2D eigenvalue weighted by Gasteiger charge is -2.12. The number of thiol groups is 1. The molecule has 0 aromatic heterocycles. The highest BCUT2D eigenvalue weighted by Crippen LogP contribution is 2.31. The van der Waals surface area contributed by atoms with E-state index >= 15 is 0 Å². The lowest BCUT2D eigenvalue weighted by atomic mass is 10.2. The summed E-state index contributed by atoms with van der Waals surface area (Å²) in [5, 5.41) is 0. The van der Waals surface area contributed by atoms with Gasteiger partial charge in [-0.3, -0.25) is 0 Å². The van der Waals surface area contributed by atoms with Crippen LogP contribution in [0.2, 0.25) is 0 Å². The summed E-state index contributed by atoms with van der Waals surface area (Å²) in [7, 11) is 1.70. The first-order valence-electron chi connectivity index (χ1n) is 3.96. The van der Waals surface area contributed by atoms with E-state index in [-0.39, 0.29) is 10.9 Å². The zero-order valence-corrected chi connectivity index (χ0v) is 8.98. The summed E-state index contributed by atoms with van der Waals surface area (Å²) in [6.45, 7) is 2.10. The van der Waals surface area contributed by atoms with Crippen molar-refractivity contribution in [2.75, 3.05) is 19.6 Å². The third kappa shape index (κ3) is 2.18. The minimum Gasteiger partial charge on any atom is -0.497 e. The molecule has 68 valence electrons. The van der Waals surface area contributed by atoms with Gasteiger partial charge < -0.3 is 4.74 Å². The Labute approximate surface area is 77.1 Å². The predicted molar refractivity (Wildman–Crippen MR) is 56.8 cm³/mol. The van der Waals surface area contributed by atoms with E-state index in [1.165, 1.54) is 10.5 Å². The Morgan fingerprint density at radius 1 is 1.17 bits per heavy atom. The van der Waals surface area contributed by atoms with Crippen LogP contribution >= 0.6 is 10.9 Å². The fraction of sp³-hybridized carbons (Fsp3) is 0.400. The molecule has 0 N–H and O–H groups in total. The molecule has 0 heterocycles. The minimum atomic E-state index is -0.0137. The maximum atomic E-state index is 5.20. The van der Waals surface area contributed by atoms with Crippen LogP contribution in [0.25, 0.3) is 0 Å². The van der Waals surface area contributed by atoms with Crippen LogP contribution in [0.15, 0.2) is 23.1 Å². The van der Waals surface area contributed by atoms with Crippen molar-refractivity contribution < 1.29 is 4.74 Å². The largest absolute Gasteiger partial charge is 0.497 e. The Kier molecular flexibility index (Phi) is 3.04. The van der Waals surface area contributed by atoms with Crippen LogP contribution in [0.3, 0.4) is 0 Å². The van der Waals surface area contributed by atoms with Gasteiger partial charge in [0, 0.05) is 0 Å². The molecular weight excluding hydrogens is 168 g/mol. The topological polar surface area (TPSA) is 9.23 Å². The van der Waals surface area contributed by atoms with E-state index in [0.29, 0.717) is 0 Å². The molecule has 0 radical (unpaired) electrons. The quantitative estimate of drug-likeness (QED) is 0.695. The maximum absolute atomic E-state index is 5.20. The molecule has 0 aliphatic heterocycles.